The number of urea groups is 1. The predicted octanol–water partition coefficient (Wildman–Crippen LogP) is 4.60. The van der Waals surface area contributed by atoms with Gasteiger partial charge >= 0.3 is 6.03 Å². The molecule has 1 fully saturated rings. The van der Waals surface area contributed by atoms with Crippen LogP contribution in [0.25, 0.3) is 0 Å². The fourth-order valence-corrected chi connectivity index (χ4v) is 4.37. The molecule has 0 spiro atoms. The number of carbonyl (C=O) groups excluding carboxylic acids is 1. The molecule has 6 nitrogen and oxygen atoms in total. The molecule has 0 atom stereocenters. The van der Waals surface area contributed by atoms with E-state index in [0.717, 1.165) is 16.7 Å². The highest BCUT2D eigenvalue weighted by Crippen LogP contribution is 2.30. The van der Waals surface area contributed by atoms with Gasteiger partial charge in [0.25, 0.3) is 0 Å². The maximum Gasteiger partial charge on any atom is 0.317 e. The number of amides is 2. The van der Waals surface area contributed by atoms with Gasteiger partial charge in [-0.25, -0.2) is 13.6 Å². The van der Waals surface area contributed by atoms with E-state index in [0.29, 0.717) is 44.2 Å². The zero-order valence-electron chi connectivity index (χ0n) is 19.8. The van der Waals surface area contributed by atoms with E-state index < -0.39 is 0 Å². The summed E-state index contributed by atoms with van der Waals surface area (Å²) in [5.41, 5.74) is 2.75. The van der Waals surface area contributed by atoms with Gasteiger partial charge < -0.3 is 19.7 Å². The summed E-state index contributed by atoms with van der Waals surface area (Å²) in [6.45, 7) is 2.70. The summed E-state index contributed by atoms with van der Waals surface area (Å²) in [7, 11) is 3.15. The van der Waals surface area contributed by atoms with Gasteiger partial charge in [-0.2, -0.15) is 0 Å². The number of hydrogen-bond donors (Lipinski definition) is 1. The van der Waals surface area contributed by atoms with Crippen molar-refractivity contribution in [1.82, 2.24) is 15.1 Å². The smallest absolute Gasteiger partial charge is 0.317 e. The van der Waals surface area contributed by atoms with Gasteiger partial charge in [-0.05, 0) is 53.1 Å². The highest BCUT2D eigenvalue weighted by atomic mass is 19.1. The van der Waals surface area contributed by atoms with E-state index in [4.69, 9.17) is 9.47 Å². The molecule has 0 unspecified atom stereocenters. The fraction of sp³-hybridized carbons (Fsp3) is 0.296. The Morgan fingerprint density at radius 2 is 1.37 bits per heavy atom. The lowest BCUT2D eigenvalue weighted by atomic mass is 9.96. The lowest BCUT2D eigenvalue weighted by molar-refractivity contribution is 0.120. The van der Waals surface area contributed by atoms with Crippen LogP contribution in [0.4, 0.5) is 13.6 Å². The summed E-state index contributed by atoms with van der Waals surface area (Å²) >= 11 is 0. The van der Waals surface area contributed by atoms with E-state index in [-0.39, 0.29) is 23.7 Å². The van der Waals surface area contributed by atoms with E-state index in [1.54, 1.807) is 43.4 Å². The van der Waals surface area contributed by atoms with Crippen LogP contribution in [0.1, 0.15) is 22.7 Å². The molecule has 1 saturated heterocycles. The molecule has 0 saturated carbocycles. The number of nitrogens with one attached hydrogen (secondary N) is 1. The third kappa shape index (κ3) is 5.89. The summed E-state index contributed by atoms with van der Waals surface area (Å²) in [5.74, 6) is 0.640. The Morgan fingerprint density at radius 3 is 1.89 bits per heavy atom. The van der Waals surface area contributed by atoms with Gasteiger partial charge in [0.2, 0.25) is 0 Å². The van der Waals surface area contributed by atoms with Gasteiger partial charge in [-0.3, -0.25) is 4.90 Å². The summed E-state index contributed by atoms with van der Waals surface area (Å²) in [6, 6.07) is 18.0. The molecule has 2 amide bonds. The third-order valence-electron chi connectivity index (χ3n) is 6.23. The minimum Gasteiger partial charge on any atom is -0.493 e. The monoisotopic (exact) mass is 481 g/mol. The summed E-state index contributed by atoms with van der Waals surface area (Å²) in [6.07, 6.45) is 0. The van der Waals surface area contributed by atoms with Crippen molar-refractivity contribution in [1.29, 1.82) is 0 Å². The predicted molar refractivity (Wildman–Crippen MR) is 130 cm³/mol. The van der Waals surface area contributed by atoms with Gasteiger partial charge in [0.05, 0.1) is 20.3 Å². The van der Waals surface area contributed by atoms with Gasteiger partial charge in [0.15, 0.2) is 11.5 Å². The number of carbonyl (C=O) groups is 1. The molecular weight excluding hydrogens is 452 g/mol. The molecule has 1 N–H and O–H groups in total. The third-order valence-corrected chi connectivity index (χ3v) is 6.23. The lowest BCUT2D eigenvalue weighted by Crippen LogP contribution is -2.52. The maximum absolute atomic E-state index is 13.5. The molecule has 8 heteroatoms. The van der Waals surface area contributed by atoms with Crippen molar-refractivity contribution in [2.45, 2.75) is 12.6 Å². The second kappa shape index (κ2) is 11.2. The lowest BCUT2D eigenvalue weighted by Gasteiger charge is -2.39. The van der Waals surface area contributed by atoms with Crippen LogP contribution in [-0.4, -0.2) is 56.2 Å². The minimum absolute atomic E-state index is 0.139. The zero-order chi connectivity index (χ0) is 24.8. The van der Waals surface area contributed by atoms with Crippen LogP contribution in [0.3, 0.4) is 0 Å². The summed E-state index contributed by atoms with van der Waals surface area (Å²) in [5, 5.41) is 2.97. The summed E-state index contributed by atoms with van der Waals surface area (Å²) < 4.78 is 37.7. The molecule has 1 aliphatic heterocycles. The van der Waals surface area contributed by atoms with Crippen LogP contribution >= 0.6 is 0 Å². The standard InChI is InChI=1S/C27H29F2N3O3/c1-34-24-12-3-19(17-25(24)35-2)18-30-27(33)32-15-13-31(14-16-32)26(20-4-8-22(28)9-5-20)21-6-10-23(29)11-7-21/h3-12,17,26H,13-16,18H2,1-2H3,(H,30,33). The van der Waals surface area contributed by atoms with E-state index in [1.165, 1.54) is 24.3 Å². The van der Waals surface area contributed by atoms with Gasteiger partial charge in [0, 0.05) is 32.7 Å². The molecule has 0 aromatic heterocycles. The second-order valence-corrected chi connectivity index (χ2v) is 8.38. The molecule has 35 heavy (non-hydrogen) atoms. The average molecular weight is 482 g/mol. The summed E-state index contributed by atoms with van der Waals surface area (Å²) in [4.78, 5) is 16.8. The van der Waals surface area contributed by atoms with Gasteiger partial charge in [-0.15, -0.1) is 0 Å². The quantitative estimate of drug-likeness (QED) is 0.536. The van der Waals surface area contributed by atoms with E-state index >= 15 is 0 Å². The highest BCUT2D eigenvalue weighted by Gasteiger charge is 2.28. The van der Waals surface area contributed by atoms with Crippen molar-refractivity contribution in [2.24, 2.45) is 0 Å². The maximum atomic E-state index is 13.5. The first-order valence-corrected chi connectivity index (χ1v) is 11.5. The van der Waals surface area contributed by atoms with Crippen molar-refractivity contribution in [2.75, 3.05) is 40.4 Å². The fourth-order valence-electron chi connectivity index (χ4n) is 4.37. The molecule has 0 radical (unpaired) electrons. The Morgan fingerprint density at radius 1 is 0.829 bits per heavy atom. The van der Waals surface area contributed by atoms with Crippen LogP contribution < -0.4 is 14.8 Å². The van der Waals surface area contributed by atoms with Crippen molar-refractivity contribution in [3.8, 4) is 11.5 Å². The Balaban J connectivity index is 1.39. The van der Waals surface area contributed by atoms with Gasteiger partial charge in [-0.1, -0.05) is 30.3 Å². The van der Waals surface area contributed by atoms with Crippen molar-refractivity contribution < 1.29 is 23.0 Å². The number of hydrogen-bond acceptors (Lipinski definition) is 4. The van der Waals surface area contributed by atoms with Crippen LogP contribution in [0.2, 0.25) is 0 Å². The molecule has 0 aliphatic carbocycles. The molecule has 1 aliphatic rings. The molecule has 0 bridgehead atoms. The number of methoxy groups -OCH3 is 2. The Hall–Kier alpha value is -3.65. The van der Waals surface area contributed by atoms with Gasteiger partial charge in [0.1, 0.15) is 11.6 Å². The minimum atomic E-state index is -0.303. The zero-order valence-corrected chi connectivity index (χ0v) is 19.8. The number of halogens is 2. The molecule has 1 heterocycles. The number of benzene rings is 3. The van der Waals surface area contributed by atoms with E-state index in [2.05, 4.69) is 10.2 Å². The number of rotatable bonds is 7. The van der Waals surface area contributed by atoms with Crippen LogP contribution in [0, 0.1) is 11.6 Å². The van der Waals surface area contributed by atoms with Crippen LogP contribution in [0.5, 0.6) is 11.5 Å². The van der Waals surface area contributed by atoms with Crippen molar-refractivity contribution in [3.05, 3.63) is 95.1 Å². The largest absolute Gasteiger partial charge is 0.493 e. The first-order valence-electron chi connectivity index (χ1n) is 11.5. The number of piperazine rings is 1. The molecule has 184 valence electrons. The Labute approximate surface area is 204 Å². The topological polar surface area (TPSA) is 54.0 Å². The van der Waals surface area contributed by atoms with Crippen molar-refractivity contribution >= 4 is 6.03 Å². The molecule has 3 aromatic carbocycles. The van der Waals surface area contributed by atoms with Crippen molar-refractivity contribution in [3.63, 3.8) is 0 Å². The van der Waals surface area contributed by atoms with E-state index in [1.807, 2.05) is 18.2 Å². The number of ether oxygens (including phenoxy) is 2. The first kappa shape index (κ1) is 24.5. The Kier molecular flexibility index (Phi) is 7.82. The molecule has 4 rings (SSSR count). The molecular formula is C27H29F2N3O3. The first-order chi connectivity index (χ1) is 17.0. The van der Waals surface area contributed by atoms with Crippen LogP contribution in [0.15, 0.2) is 66.7 Å². The second-order valence-electron chi connectivity index (χ2n) is 8.38. The molecule has 3 aromatic rings. The SMILES string of the molecule is COc1ccc(CNC(=O)N2CCN(C(c3ccc(F)cc3)c3ccc(F)cc3)CC2)cc1OC. The average Bonchev–Trinajstić information content (AvgIpc) is 2.89. The highest BCUT2D eigenvalue weighted by molar-refractivity contribution is 5.74. The van der Waals surface area contributed by atoms with E-state index in [9.17, 15) is 13.6 Å². The van der Waals surface area contributed by atoms with Crippen LogP contribution in [-0.2, 0) is 6.54 Å². The Bertz CT molecular complexity index is 1090. The number of nitrogens with zero attached hydrogens (tertiary/aromatic N) is 2. The normalized spacial score (nSPS) is 14.1.